The molecule has 60 heavy (non-hydrogen) atoms. The Labute approximate surface area is 349 Å². The Morgan fingerprint density at radius 1 is 0.867 bits per heavy atom. The summed E-state index contributed by atoms with van der Waals surface area (Å²) in [4.78, 5) is 29.0. The van der Waals surface area contributed by atoms with Gasteiger partial charge in [0, 0.05) is 20.6 Å². The van der Waals surface area contributed by atoms with Crippen molar-refractivity contribution in [1.29, 1.82) is 0 Å². The normalized spacial score (nSPS) is 19.2. The Balaban J connectivity index is 1.98. The number of nitrogens with one attached hydrogen (secondary N) is 2. The van der Waals surface area contributed by atoms with Crippen molar-refractivity contribution in [2.45, 2.75) is 90.0 Å². The molecule has 0 radical (unpaired) electrons. The molecular weight excluding hydrogens is 813 g/mol. The Kier molecular flexibility index (Phi) is 31.2. The summed E-state index contributed by atoms with van der Waals surface area (Å²) in [6.45, 7) is 10.2. The van der Waals surface area contributed by atoms with Crippen LogP contribution < -0.4 is 16.6 Å². The van der Waals surface area contributed by atoms with Crippen molar-refractivity contribution in [3.05, 3.63) is 35.9 Å². The quantitative estimate of drug-likeness (QED) is 0.0103. The number of esters is 1. The minimum Gasteiger partial charge on any atom is -0.420 e. The molecule has 0 aromatic carbocycles. The third-order valence-corrected chi connectivity index (χ3v) is 8.51. The van der Waals surface area contributed by atoms with E-state index in [2.05, 4.69) is 22.4 Å². The maximum atomic E-state index is 13.6. The summed E-state index contributed by atoms with van der Waals surface area (Å²) in [5, 5.41) is 14.7. The molecule has 1 aliphatic heterocycles. The number of rotatable bonds is 38. The molecule has 5 atom stereocenters. The number of hydrogen-bond acceptors (Lipinski definition) is 15. The molecule has 1 fully saturated rings. The van der Waals surface area contributed by atoms with E-state index in [4.69, 9.17) is 43.9 Å². The summed E-state index contributed by atoms with van der Waals surface area (Å²) in [6.07, 6.45) is 1.64. The highest BCUT2D eigenvalue weighted by molar-refractivity contribution is 5.73. The van der Waals surface area contributed by atoms with Crippen LogP contribution in [0.25, 0.3) is 0 Å². The van der Waals surface area contributed by atoms with Gasteiger partial charge in [0.05, 0.1) is 110 Å². The first-order valence-electron chi connectivity index (χ1n) is 20.2. The number of aliphatic hydroxyl groups is 1. The third kappa shape index (κ3) is 25.9. The summed E-state index contributed by atoms with van der Waals surface area (Å²) in [5.74, 6) is -3.28. The molecule has 17 nitrogen and oxygen atoms in total. The Morgan fingerprint density at radius 3 is 1.87 bits per heavy atom. The molecule has 0 aromatic heterocycles. The summed E-state index contributed by atoms with van der Waals surface area (Å²) in [7, 11) is 1.77. The monoisotopic (exact) mass is 880 g/mol. The highest BCUT2D eigenvalue weighted by Gasteiger charge is 2.45. The average molecular weight is 881 g/mol. The van der Waals surface area contributed by atoms with E-state index < -0.39 is 54.4 Å². The largest absolute Gasteiger partial charge is 0.420 e. The van der Waals surface area contributed by atoms with Crippen molar-refractivity contribution >= 4 is 11.9 Å². The number of hydrogen-bond donors (Lipinski definition) is 4. The van der Waals surface area contributed by atoms with E-state index in [0.717, 1.165) is 25.7 Å². The topological polar surface area (TPSA) is 191 Å². The lowest BCUT2D eigenvalue weighted by Gasteiger charge is -2.43. The van der Waals surface area contributed by atoms with Crippen LogP contribution in [-0.4, -0.2) is 157 Å². The summed E-state index contributed by atoms with van der Waals surface area (Å²) < 4.78 is 107. The molecule has 0 saturated carbocycles. The lowest BCUT2D eigenvalue weighted by atomic mass is 9.98. The van der Waals surface area contributed by atoms with E-state index in [0.29, 0.717) is 78.8 Å². The average Bonchev–Trinajstić information content (AvgIpc) is 3.20. The van der Waals surface area contributed by atoms with E-state index in [9.17, 15) is 36.6 Å². The van der Waals surface area contributed by atoms with Gasteiger partial charge in [0.25, 0.3) is 0 Å². The van der Waals surface area contributed by atoms with Crippen molar-refractivity contribution < 1.29 is 84.3 Å². The molecule has 1 rings (SSSR count). The van der Waals surface area contributed by atoms with Crippen molar-refractivity contribution in [3.8, 4) is 0 Å². The Bertz CT molecular complexity index is 1270. The predicted molar refractivity (Wildman–Crippen MR) is 207 cm³/mol. The number of carbonyl (C=O) groups is 2. The second-order valence-electron chi connectivity index (χ2n) is 13.6. The number of carbonyl (C=O) groups excluding carboxylic acids is 2. The summed E-state index contributed by atoms with van der Waals surface area (Å²) in [5.41, 5.74) is 3.23. The van der Waals surface area contributed by atoms with E-state index in [1.54, 1.807) is 12.1 Å². The fraction of sp³-hybridized carbons (Fsp3) is 0.789. The standard InChI is InChI=1S/C38H66F5N5O12/c1-5-8-35(34(45-29(3)49)25-31(50)6-2)58-12-7-9-30-28-48(44,46-30)60-47(4)11-14-53-16-18-55-20-22-57-24-23-56-21-19-54-17-15-52-13-10-36(51)59-38(33(42)27-40)37(43)32(41)26-39/h26-27,30-31,34-35,46,50H,5-25,28,44H2,1-4H3/p+1/b32-26-,33-27-,38-37-/t30?,31-,34?,35+,48?/m0/s1. The van der Waals surface area contributed by atoms with Crippen LogP contribution in [0.2, 0.25) is 0 Å². The molecule has 3 unspecified atom stereocenters. The zero-order valence-electron chi connectivity index (χ0n) is 35.3. The number of amides is 1. The number of likely N-dealkylation sites (N-methyl/N-ethyl adjacent to an activating group) is 1. The summed E-state index contributed by atoms with van der Waals surface area (Å²) >= 11 is 0. The molecule has 5 N–H and O–H groups in total. The fourth-order valence-electron chi connectivity index (χ4n) is 5.51. The molecule has 1 aliphatic rings. The maximum absolute atomic E-state index is 13.6. The van der Waals surface area contributed by atoms with E-state index >= 15 is 0 Å². The SMILES string of the molecule is CCC[C@@H](OCCCC1C[N+](N)(ON(C)CCOCCOCCOCCOCCOCCOCCC(=O)OC(/C(F)=C/F)=C(F)/C(F)=C/F)N1)C(C[C@@H](O)CC)NC(C)=O. The van der Waals surface area contributed by atoms with Crippen LogP contribution in [0.15, 0.2) is 35.9 Å². The van der Waals surface area contributed by atoms with Crippen LogP contribution in [0.3, 0.4) is 0 Å². The molecule has 1 saturated heterocycles. The van der Waals surface area contributed by atoms with Crippen molar-refractivity contribution in [2.24, 2.45) is 5.84 Å². The summed E-state index contributed by atoms with van der Waals surface area (Å²) in [6, 6.07) is -0.0620. The van der Waals surface area contributed by atoms with Gasteiger partial charge in [-0.1, -0.05) is 25.2 Å². The first-order chi connectivity index (χ1) is 28.8. The maximum Gasteiger partial charge on any atom is 0.313 e. The Morgan fingerprint density at radius 2 is 1.38 bits per heavy atom. The molecule has 22 heteroatoms. The first kappa shape index (κ1) is 55.3. The van der Waals surface area contributed by atoms with Crippen LogP contribution in [0.4, 0.5) is 22.0 Å². The van der Waals surface area contributed by atoms with Crippen LogP contribution >= 0.6 is 0 Å². The van der Waals surface area contributed by atoms with Crippen molar-refractivity contribution in [1.82, 2.24) is 15.8 Å². The van der Waals surface area contributed by atoms with Gasteiger partial charge in [-0.15, -0.1) is 16.3 Å². The van der Waals surface area contributed by atoms with Gasteiger partial charge in [0.2, 0.25) is 17.5 Å². The molecule has 350 valence electrons. The van der Waals surface area contributed by atoms with E-state index in [1.807, 2.05) is 6.92 Å². The molecular formula is C38H67F5N5O12+. The zero-order valence-corrected chi connectivity index (χ0v) is 35.3. The minimum absolute atomic E-state index is 0.0620. The molecule has 1 heterocycles. The highest BCUT2D eigenvalue weighted by atomic mass is 19.2. The van der Waals surface area contributed by atoms with Gasteiger partial charge < -0.3 is 48.3 Å². The molecule has 0 bridgehead atoms. The minimum atomic E-state index is -2.22. The van der Waals surface area contributed by atoms with Crippen LogP contribution in [0, 0.1) is 0 Å². The van der Waals surface area contributed by atoms with Gasteiger partial charge >= 0.3 is 5.97 Å². The molecule has 0 aliphatic carbocycles. The number of ether oxygens (including phenoxy) is 8. The number of allylic oxidation sites excluding steroid dienone is 3. The zero-order chi connectivity index (χ0) is 44.6. The van der Waals surface area contributed by atoms with Gasteiger partial charge in [0.15, 0.2) is 18.2 Å². The van der Waals surface area contributed by atoms with E-state index in [-0.39, 0.29) is 62.0 Å². The second-order valence-corrected chi connectivity index (χ2v) is 13.6. The van der Waals surface area contributed by atoms with Crippen molar-refractivity contribution in [3.63, 3.8) is 0 Å². The lowest BCUT2D eigenvalue weighted by Crippen LogP contribution is -2.80. The molecule has 0 aromatic rings. The van der Waals surface area contributed by atoms with Crippen molar-refractivity contribution in [2.75, 3.05) is 106 Å². The first-order valence-corrected chi connectivity index (χ1v) is 20.2. The van der Waals surface area contributed by atoms with Gasteiger partial charge in [-0.25, -0.2) is 17.6 Å². The van der Waals surface area contributed by atoms with Gasteiger partial charge in [-0.3, -0.25) is 9.59 Å². The number of nitrogens with zero attached hydrogens (tertiary/aromatic N) is 2. The third-order valence-electron chi connectivity index (χ3n) is 8.51. The number of quaternary nitrogens is 1. The smallest absolute Gasteiger partial charge is 0.313 e. The number of aliphatic hydroxyl groups excluding tert-OH is 1. The highest BCUT2D eigenvalue weighted by Crippen LogP contribution is 2.26. The van der Waals surface area contributed by atoms with E-state index in [1.165, 1.54) is 6.92 Å². The number of hydroxylamine groups is 3. The number of nitrogens with two attached hydrogens (primary N) is 1. The predicted octanol–water partition coefficient (Wildman–Crippen LogP) is 3.75. The second kappa shape index (κ2) is 33.9. The molecule has 0 spiro atoms. The van der Waals surface area contributed by atoms with Crippen LogP contribution in [0.1, 0.15) is 65.7 Å². The van der Waals surface area contributed by atoms with Crippen LogP contribution in [-0.2, 0) is 52.4 Å². The van der Waals surface area contributed by atoms with Crippen LogP contribution in [0.5, 0.6) is 0 Å². The molecule has 1 amide bonds. The van der Waals surface area contributed by atoms with Gasteiger partial charge in [-0.05, 0) is 37.0 Å². The number of halogens is 5. The van der Waals surface area contributed by atoms with Gasteiger partial charge in [-0.2, -0.15) is 4.39 Å². The fourth-order valence-corrected chi connectivity index (χ4v) is 5.51. The lowest BCUT2D eigenvalue weighted by molar-refractivity contribution is -1.20. The van der Waals surface area contributed by atoms with Gasteiger partial charge in [0.1, 0.15) is 18.7 Å². The Hall–Kier alpha value is -2.71.